The molecule has 0 bridgehead atoms. The molecule has 0 radical (unpaired) electrons. The maximum Gasteiger partial charge on any atom is 0.172 e. The average molecular weight is 301 g/mol. The van der Waals surface area contributed by atoms with Gasteiger partial charge in [0, 0.05) is 5.92 Å². The molecule has 0 atom stereocenters. The Balaban J connectivity index is 1.61. The number of rotatable bonds is 7. The summed E-state index contributed by atoms with van der Waals surface area (Å²) in [6.45, 7) is 1.06. The van der Waals surface area contributed by atoms with E-state index in [1.54, 1.807) is 11.8 Å². The molecule has 1 aliphatic carbocycles. The summed E-state index contributed by atoms with van der Waals surface area (Å²) in [5, 5.41) is 8.04. The number of carbonyl (C=O) groups is 1. The number of hydrogen-bond acceptors (Lipinski definition) is 5. The molecule has 0 aliphatic heterocycles. The summed E-state index contributed by atoms with van der Waals surface area (Å²) >= 11 is 0. The van der Waals surface area contributed by atoms with Crippen LogP contribution in [-0.4, -0.2) is 35.0 Å². The molecule has 1 aromatic carbocycles. The summed E-state index contributed by atoms with van der Waals surface area (Å²) in [4.78, 5) is 11.1. The fourth-order valence-corrected chi connectivity index (χ4v) is 2.61. The van der Waals surface area contributed by atoms with E-state index in [2.05, 4.69) is 10.3 Å². The SMILES string of the molecule is COc1ccc(OCCn2nnc(C=O)c2C2CCC2)cc1. The normalized spacial score (nSPS) is 14.4. The first-order valence-electron chi connectivity index (χ1n) is 7.47. The minimum Gasteiger partial charge on any atom is -0.497 e. The Morgan fingerprint density at radius 3 is 2.59 bits per heavy atom. The van der Waals surface area contributed by atoms with Crippen LogP contribution in [0.25, 0.3) is 0 Å². The van der Waals surface area contributed by atoms with Crippen LogP contribution < -0.4 is 9.47 Å². The third kappa shape index (κ3) is 2.95. The van der Waals surface area contributed by atoms with Crippen molar-refractivity contribution in [3.8, 4) is 11.5 Å². The second kappa shape index (κ2) is 6.60. The summed E-state index contributed by atoms with van der Waals surface area (Å²) in [6.07, 6.45) is 4.21. The predicted molar refractivity (Wildman–Crippen MR) is 80.5 cm³/mol. The van der Waals surface area contributed by atoms with Gasteiger partial charge in [-0.1, -0.05) is 11.6 Å². The molecule has 1 fully saturated rings. The summed E-state index contributed by atoms with van der Waals surface area (Å²) in [5.74, 6) is 1.99. The van der Waals surface area contributed by atoms with Crippen LogP contribution in [0.15, 0.2) is 24.3 Å². The van der Waals surface area contributed by atoms with Crippen molar-refractivity contribution >= 4 is 6.29 Å². The Kier molecular flexibility index (Phi) is 4.37. The van der Waals surface area contributed by atoms with E-state index in [9.17, 15) is 4.79 Å². The first kappa shape index (κ1) is 14.6. The van der Waals surface area contributed by atoms with Gasteiger partial charge in [0.05, 0.1) is 19.3 Å². The molecular weight excluding hydrogens is 282 g/mol. The number of carbonyl (C=O) groups excluding carboxylic acids is 1. The van der Waals surface area contributed by atoms with E-state index < -0.39 is 0 Å². The van der Waals surface area contributed by atoms with E-state index >= 15 is 0 Å². The minimum absolute atomic E-state index is 0.413. The van der Waals surface area contributed by atoms with Gasteiger partial charge >= 0.3 is 0 Å². The zero-order valence-electron chi connectivity index (χ0n) is 12.6. The van der Waals surface area contributed by atoms with Crippen molar-refractivity contribution in [2.75, 3.05) is 13.7 Å². The maximum absolute atomic E-state index is 11.1. The minimum atomic E-state index is 0.413. The highest BCUT2D eigenvalue weighted by Crippen LogP contribution is 2.37. The van der Waals surface area contributed by atoms with Gasteiger partial charge in [-0.3, -0.25) is 4.79 Å². The van der Waals surface area contributed by atoms with Crippen molar-refractivity contribution < 1.29 is 14.3 Å². The molecule has 6 nitrogen and oxygen atoms in total. The fourth-order valence-electron chi connectivity index (χ4n) is 2.61. The molecule has 0 N–H and O–H groups in total. The van der Waals surface area contributed by atoms with E-state index in [0.29, 0.717) is 24.8 Å². The average Bonchev–Trinajstić information content (AvgIpc) is 2.89. The molecule has 0 spiro atoms. The summed E-state index contributed by atoms with van der Waals surface area (Å²) in [5.41, 5.74) is 1.42. The largest absolute Gasteiger partial charge is 0.497 e. The first-order chi connectivity index (χ1) is 10.8. The number of hydrogen-bond donors (Lipinski definition) is 0. The molecule has 0 saturated heterocycles. The van der Waals surface area contributed by atoms with Crippen LogP contribution in [0.1, 0.15) is 41.4 Å². The Hall–Kier alpha value is -2.37. The van der Waals surface area contributed by atoms with Crippen molar-refractivity contribution in [3.63, 3.8) is 0 Å². The Morgan fingerprint density at radius 1 is 1.27 bits per heavy atom. The van der Waals surface area contributed by atoms with Gasteiger partial charge in [-0.05, 0) is 37.1 Å². The van der Waals surface area contributed by atoms with E-state index in [0.717, 1.165) is 36.3 Å². The Bertz CT molecular complexity index is 633. The molecule has 116 valence electrons. The number of aldehydes is 1. The van der Waals surface area contributed by atoms with Gasteiger partial charge < -0.3 is 9.47 Å². The quantitative estimate of drug-likeness (QED) is 0.735. The van der Waals surface area contributed by atoms with Gasteiger partial charge in [0.2, 0.25) is 0 Å². The third-order valence-corrected chi connectivity index (χ3v) is 4.04. The van der Waals surface area contributed by atoms with Crippen LogP contribution in [-0.2, 0) is 6.54 Å². The van der Waals surface area contributed by atoms with Crippen molar-refractivity contribution in [1.82, 2.24) is 15.0 Å². The molecule has 2 aromatic rings. The summed E-state index contributed by atoms with van der Waals surface area (Å²) in [6, 6.07) is 7.44. The van der Waals surface area contributed by atoms with Gasteiger partial charge in [0.15, 0.2) is 6.29 Å². The smallest absolute Gasteiger partial charge is 0.172 e. The van der Waals surface area contributed by atoms with Gasteiger partial charge in [0.1, 0.15) is 23.8 Å². The van der Waals surface area contributed by atoms with Crippen molar-refractivity contribution in [1.29, 1.82) is 0 Å². The monoisotopic (exact) mass is 301 g/mol. The molecule has 1 aromatic heterocycles. The zero-order chi connectivity index (χ0) is 15.4. The fraction of sp³-hybridized carbons (Fsp3) is 0.438. The molecule has 3 rings (SSSR count). The van der Waals surface area contributed by atoms with Crippen molar-refractivity contribution in [3.05, 3.63) is 35.7 Å². The molecule has 1 aliphatic rings. The van der Waals surface area contributed by atoms with Crippen LogP contribution in [0.5, 0.6) is 11.5 Å². The van der Waals surface area contributed by atoms with Gasteiger partial charge in [-0.25, -0.2) is 4.68 Å². The number of nitrogens with zero attached hydrogens (tertiary/aromatic N) is 3. The summed E-state index contributed by atoms with van der Waals surface area (Å²) in [7, 11) is 1.63. The van der Waals surface area contributed by atoms with Gasteiger partial charge in [0.25, 0.3) is 0 Å². The highest BCUT2D eigenvalue weighted by atomic mass is 16.5. The van der Waals surface area contributed by atoms with E-state index in [4.69, 9.17) is 9.47 Å². The predicted octanol–water partition coefficient (Wildman–Crippen LogP) is 2.45. The number of benzene rings is 1. The molecule has 1 saturated carbocycles. The van der Waals surface area contributed by atoms with Crippen molar-refractivity contribution in [2.24, 2.45) is 0 Å². The first-order valence-corrected chi connectivity index (χ1v) is 7.47. The second-order valence-electron chi connectivity index (χ2n) is 5.35. The number of aromatic nitrogens is 3. The van der Waals surface area contributed by atoms with Crippen molar-refractivity contribution in [2.45, 2.75) is 31.7 Å². The molecule has 6 heteroatoms. The lowest BCUT2D eigenvalue weighted by Gasteiger charge is -2.26. The molecule has 22 heavy (non-hydrogen) atoms. The Labute approximate surface area is 129 Å². The van der Waals surface area contributed by atoms with E-state index in [-0.39, 0.29) is 0 Å². The van der Waals surface area contributed by atoms with Crippen LogP contribution in [0, 0.1) is 0 Å². The van der Waals surface area contributed by atoms with Crippen LogP contribution in [0.4, 0.5) is 0 Å². The lowest BCUT2D eigenvalue weighted by Crippen LogP contribution is -2.19. The van der Waals surface area contributed by atoms with Gasteiger partial charge in [-0.15, -0.1) is 5.10 Å². The van der Waals surface area contributed by atoms with Crippen LogP contribution in [0.2, 0.25) is 0 Å². The van der Waals surface area contributed by atoms with Gasteiger partial charge in [-0.2, -0.15) is 0 Å². The van der Waals surface area contributed by atoms with E-state index in [1.807, 2.05) is 24.3 Å². The molecule has 0 unspecified atom stereocenters. The summed E-state index contributed by atoms with van der Waals surface area (Å²) < 4.78 is 12.6. The second-order valence-corrected chi connectivity index (χ2v) is 5.35. The highest BCUT2D eigenvalue weighted by Gasteiger charge is 2.27. The van der Waals surface area contributed by atoms with Crippen LogP contribution in [0.3, 0.4) is 0 Å². The zero-order valence-corrected chi connectivity index (χ0v) is 12.6. The van der Waals surface area contributed by atoms with E-state index in [1.165, 1.54) is 6.42 Å². The Morgan fingerprint density at radius 2 is 2.00 bits per heavy atom. The number of methoxy groups -OCH3 is 1. The lowest BCUT2D eigenvalue weighted by molar-refractivity contribution is 0.111. The maximum atomic E-state index is 11.1. The highest BCUT2D eigenvalue weighted by molar-refractivity contribution is 5.73. The lowest BCUT2D eigenvalue weighted by atomic mass is 9.82. The topological polar surface area (TPSA) is 66.2 Å². The molecule has 1 heterocycles. The third-order valence-electron chi connectivity index (χ3n) is 4.04. The standard InChI is InChI=1S/C16H19N3O3/c1-21-13-5-7-14(8-6-13)22-10-9-19-16(12-3-2-4-12)15(11-20)17-18-19/h5-8,11-12H,2-4,9-10H2,1H3. The number of ether oxygens (including phenoxy) is 2. The molecular formula is C16H19N3O3. The molecule has 0 amide bonds. The van der Waals surface area contributed by atoms with Crippen LogP contribution >= 0.6 is 0 Å².